The van der Waals surface area contributed by atoms with Crippen molar-refractivity contribution in [3.05, 3.63) is 29.8 Å². The van der Waals surface area contributed by atoms with Gasteiger partial charge in [-0.1, -0.05) is 12.1 Å². The number of likely N-dealkylation sites (N-methyl/N-ethyl adjacent to an activating group) is 1. The third kappa shape index (κ3) is 3.59. The maximum atomic E-state index is 10.9. The van der Waals surface area contributed by atoms with E-state index in [1.165, 1.54) is 0 Å². The summed E-state index contributed by atoms with van der Waals surface area (Å²) in [4.78, 5) is 10.9. The molecule has 1 aromatic carbocycles. The molecule has 2 N–H and O–H groups in total. The van der Waals surface area contributed by atoms with E-state index < -0.39 is 6.10 Å². The van der Waals surface area contributed by atoms with Crippen molar-refractivity contribution in [1.82, 2.24) is 5.32 Å². The van der Waals surface area contributed by atoms with E-state index >= 15 is 0 Å². The maximum Gasteiger partial charge on any atom is 0.257 e. The van der Waals surface area contributed by atoms with Gasteiger partial charge in [0.25, 0.3) is 5.91 Å². The van der Waals surface area contributed by atoms with E-state index in [4.69, 9.17) is 4.74 Å². The van der Waals surface area contributed by atoms with E-state index in [1.807, 2.05) is 0 Å². The Labute approximate surface area is 88.9 Å². The van der Waals surface area contributed by atoms with Crippen molar-refractivity contribution >= 4 is 5.91 Å². The second-order valence-corrected chi connectivity index (χ2v) is 3.21. The summed E-state index contributed by atoms with van der Waals surface area (Å²) < 4.78 is 5.20. The van der Waals surface area contributed by atoms with Crippen molar-refractivity contribution in [1.29, 1.82) is 0 Å². The van der Waals surface area contributed by atoms with Crippen LogP contribution in [-0.4, -0.2) is 24.7 Å². The Balaban J connectivity index is 2.53. The van der Waals surface area contributed by atoms with E-state index in [9.17, 15) is 9.90 Å². The Morgan fingerprint density at radius 3 is 2.53 bits per heavy atom. The smallest absolute Gasteiger partial charge is 0.257 e. The lowest BCUT2D eigenvalue weighted by molar-refractivity contribution is -0.122. The summed E-state index contributed by atoms with van der Waals surface area (Å²) in [5.41, 5.74) is 0.822. The summed E-state index contributed by atoms with van der Waals surface area (Å²) in [6.45, 7) is 1.70. The van der Waals surface area contributed by atoms with Crippen molar-refractivity contribution in [2.45, 2.75) is 13.0 Å². The molecule has 82 valence electrons. The van der Waals surface area contributed by atoms with E-state index in [2.05, 4.69) is 5.32 Å². The van der Waals surface area contributed by atoms with E-state index in [-0.39, 0.29) is 12.5 Å². The zero-order valence-corrected chi connectivity index (χ0v) is 8.86. The zero-order valence-electron chi connectivity index (χ0n) is 8.86. The molecule has 0 bridgehead atoms. The summed E-state index contributed by atoms with van der Waals surface area (Å²) in [7, 11) is 1.56. The molecule has 0 aliphatic heterocycles. The van der Waals surface area contributed by atoms with Crippen LogP contribution in [0.4, 0.5) is 0 Å². The summed E-state index contributed by atoms with van der Waals surface area (Å²) >= 11 is 0. The maximum absolute atomic E-state index is 10.9. The van der Waals surface area contributed by atoms with Crippen LogP contribution in [0.25, 0.3) is 0 Å². The molecule has 4 heteroatoms. The van der Waals surface area contributed by atoms with Crippen molar-refractivity contribution < 1.29 is 14.6 Å². The van der Waals surface area contributed by atoms with Gasteiger partial charge in [0.2, 0.25) is 0 Å². The fourth-order valence-corrected chi connectivity index (χ4v) is 1.06. The second-order valence-electron chi connectivity index (χ2n) is 3.21. The van der Waals surface area contributed by atoms with Crippen LogP contribution in [0.2, 0.25) is 0 Å². The third-order valence-electron chi connectivity index (χ3n) is 2.01. The first-order chi connectivity index (χ1) is 7.13. The number of ether oxygens (including phenoxy) is 1. The predicted molar refractivity (Wildman–Crippen MR) is 56.6 cm³/mol. The Morgan fingerprint density at radius 1 is 1.47 bits per heavy atom. The number of amides is 1. The molecule has 0 aromatic heterocycles. The van der Waals surface area contributed by atoms with Crippen LogP contribution in [-0.2, 0) is 4.79 Å². The van der Waals surface area contributed by atoms with Gasteiger partial charge in [-0.2, -0.15) is 0 Å². The number of carbonyl (C=O) groups is 1. The van der Waals surface area contributed by atoms with Crippen molar-refractivity contribution in [2.24, 2.45) is 0 Å². The van der Waals surface area contributed by atoms with Crippen molar-refractivity contribution in [3.8, 4) is 5.75 Å². The monoisotopic (exact) mass is 209 g/mol. The van der Waals surface area contributed by atoms with Gasteiger partial charge in [0.05, 0.1) is 6.10 Å². The zero-order chi connectivity index (χ0) is 11.3. The summed E-state index contributed by atoms with van der Waals surface area (Å²) in [5.74, 6) is 0.442. The van der Waals surface area contributed by atoms with Gasteiger partial charge in [-0.05, 0) is 24.6 Å². The fraction of sp³-hybridized carbons (Fsp3) is 0.364. The first kappa shape index (κ1) is 11.5. The molecule has 0 aliphatic carbocycles. The first-order valence-electron chi connectivity index (χ1n) is 4.75. The summed E-state index contributed by atoms with van der Waals surface area (Å²) in [5, 5.41) is 11.7. The lowest BCUT2D eigenvalue weighted by Crippen LogP contribution is -2.24. The molecular formula is C11H15NO3. The average Bonchev–Trinajstić information content (AvgIpc) is 2.26. The van der Waals surface area contributed by atoms with Crippen molar-refractivity contribution in [3.63, 3.8) is 0 Å². The van der Waals surface area contributed by atoms with Gasteiger partial charge in [-0.3, -0.25) is 4.79 Å². The third-order valence-corrected chi connectivity index (χ3v) is 2.01. The second kappa shape index (κ2) is 5.36. The lowest BCUT2D eigenvalue weighted by atomic mass is 10.1. The standard InChI is InChI=1S/C11H15NO3/c1-8(13)9-3-5-10(6-4-9)15-7-11(14)12-2/h3-6,8,13H,7H2,1-2H3,(H,12,14)/t8-/m1/s1. The van der Waals surface area contributed by atoms with Crippen LogP contribution in [0.1, 0.15) is 18.6 Å². The molecular weight excluding hydrogens is 194 g/mol. The Bertz CT molecular complexity index is 319. The number of aliphatic hydroxyl groups is 1. The fourth-order valence-electron chi connectivity index (χ4n) is 1.06. The van der Waals surface area contributed by atoms with E-state index in [0.29, 0.717) is 5.75 Å². The summed E-state index contributed by atoms with van der Waals surface area (Å²) in [6, 6.07) is 6.99. The van der Waals surface area contributed by atoms with Gasteiger partial charge in [0.1, 0.15) is 5.75 Å². The molecule has 1 aromatic rings. The molecule has 15 heavy (non-hydrogen) atoms. The molecule has 0 saturated heterocycles. The number of nitrogens with one attached hydrogen (secondary N) is 1. The Kier molecular flexibility index (Phi) is 4.12. The van der Waals surface area contributed by atoms with Crippen LogP contribution in [0, 0.1) is 0 Å². The number of rotatable bonds is 4. The first-order valence-corrected chi connectivity index (χ1v) is 4.75. The highest BCUT2D eigenvalue weighted by molar-refractivity contribution is 5.77. The van der Waals surface area contributed by atoms with E-state index in [1.54, 1.807) is 38.2 Å². The van der Waals surface area contributed by atoms with Crippen LogP contribution in [0.3, 0.4) is 0 Å². The number of aliphatic hydroxyl groups excluding tert-OH is 1. The highest BCUT2D eigenvalue weighted by Gasteiger charge is 2.02. The van der Waals surface area contributed by atoms with Gasteiger partial charge in [-0.15, -0.1) is 0 Å². The average molecular weight is 209 g/mol. The summed E-state index contributed by atoms with van der Waals surface area (Å²) in [6.07, 6.45) is -0.488. The number of hydrogen-bond donors (Lipinski definition) is 2. The number of carbonyl (C=O) groups excluding carboxylic acids is 1. The molecule has 0 spiro atoms. The molecule has 1 atom stereocenters. The predicted octanol–water partition coefficient (Wildman–Crippen LogP) is 0.865. The molecule has 0 fully saturated rings. The van der Waals surface area contributed by atoms with Gasteiger partial charge in [0.15, 0.2) is 6.61 Å². The van der Waals surface area contributed by atoms with E-state index in [0.717, 1.165) is 5.56 Å². The SMILES string of the molecule is CNC(=O)COc1ccc([C@@H](C)O)cc1. The molecule has 0 radical (unpaired) electrons. The molecule has 1 amide bonds. The van der Waals surface area contributed by atoms with Crippen LogP contribution in [0.5, 0.6) is 5.75 Å². The van der Waals surface area contributed by atoms with Crippen LogP contribution in [0.15, 0.2) is 24.3 Å². The largest absolute Gasteiger partial charge is 0.484 e. The van der Waals surface area contributed by atoms with Gasteiger partial charge >= 0.3 is 0 Å². The minimum Gasteiger partial charge on any atom is -0.484 e. The molecule has 4 nitrogen and oxygen atoms in total. The molecule has 1 rings (SSSR count). The quantitative estimate of drug-likeness (QED) is 0.773. The highest BCUT2D eigenvalue weighted by atomic mass is 16.5. The number of hydrogen-bond acceptors (Lipinski definition) is 3. The Morgan fingerprint density at radius 2 is 2.07 bits per heavy atom. The molecule has 0 aliphatic rings. The number of benzene rings is 1. The lowest BCUT2D eigenvalue weighted by Gasteiger charge is -2.07. The van der Waals surface area contributed by atoms with Crippen molar-refractivity contribution in [2.75, 3.05) is 13.7 Å². The van der Waals surface area contributed by atoms with Crippen LogP contribution < -0.4 is 10.1 Å². The minimum atomic E-state index is -0.488. The molecule has 0 unspecified atom stereocenters. The molecule has 0 heterocycles. The minimum absolute atomic E-state index is 0.00449. The highest BCUT2D eigenvalue weighted by Crippen LogP contribution is 2.16. The van der Waals surface area contributed by atoms with Gasteiger partial charge in [0, 0.05) is 7.05 Å². The van der Waals surface area contributed by atoms with Crippen LogP contribution >= 0.6 is 0 Å². The normalized spacial score (nSPS) is 11.9. The Hall–Kier alpha value is -1.55. The van der Waals surface area contributed by atoms with Gasteiger partial charge < -0.3 is 15.2 Å². The van der Waals surface area contributed by atoms with Gasteiger partial charge in [-0.25, -0.2) is 0 Å². The molecule has 0 saturated carbocycles. The topological polar surface area (TPSA) is 58.6 Å².